The third kappa shape index (κ3) is 5.43. The fourth-order valence-electron chi connectivity index (χ4n) is 3.37. The number of benzene rings is 2. The van der Waals surface area contributed by atoms with Crippen molar-refractivity contribution in [3.8, 4) is 0 Å². The average Bonchev–Trinajstić information content (AvgIpc) is 3.14. The molecule has 2 amide bonds. The molecule has 10 heteroatoms. The Morgan fingerprint density at radius 1 is 1.21 bits per heavy atom. The third-order valence-electron chi connectivity index (χ3n) is 5.10. The number of nitrogens with zero attached hydrogens (tertiary/aromatic N) is 3. The third-order valence-corrected chi connectivity index (χ3v) is 5.39. The van der Waals surface area contributed by atoms with Crippen molar-refractivity contribution in [2.45, 2.75) is 33.0 Å². The molecule has 1 aromatic heterocycles. The van der Waals surface area contributed by atoms with Crippen molar-refractivity contribution < 1.29 is 23.6 Å². The Labute approximate surface area is 194 Å². The van der Waals surface area contributed by atoms with Crippen molar-refractivity contribution in [2.24, 2.45) is 0 Å². The highest BCUT2D eigenvalue weighted by molar-refractivity contribution is 6.30. The number of carbonyl (C=O) groups is 4. The second-order valence-electron chi connectivity index (χ2n) is 7.66. The molecule has 3 aromatic rings. The quantitative estimate of drug-likeness (QED) is 0.482. The lowest BCUT2D eigenvalue weighted by molar-refractivity contribution is -0.138. The van der Waals surface area contributed by atoms with Gasteiger partial charge in [0.05, 0.1) is 17.1 Å². The van der Waals surface area contributed by atoms with Crippen LogP contribution in [0.3, 0.4) is 0 Å². The maximum Gasteiger partial charge on any atom is 0.245 e. The fraction of sp³-hybridized carbons (Fsp3) is 0.261. The van der Waals surface area contributed by atoms with Gasteiger partial charge in [0, 0.05) is 29.1 Å². The summed E-state index contributed by atoms with van der Waals surface area (Å²) in [5.74, 6) is -1.47. The van der Waals surface area contributed by atoms with Crippen molar-refractivity contribution in [3.63, 3.8) is 0 Å². The van der Waals surface area contributed by atoms with Crippen LogP contribution in [0.2, 0.25) is 5.02 Å². The molecule has 33 heavy (non-hydrogen) atoms. The van der Waals surface area contributed by atoms with Gasteiger partial charge in [-0.2, -0.15) is 5.10 Å². The highest BCUT2D eigenvalue weighted by Gasteiger charge is 2.22. The molecule has 0 saturated carbocycles. The van der Waals surface area contributed by atoms with Gasteiger partial charge in [0.25, 0.3) is 0 Å². The number of carbonyl (C=O) groups excluding carboxylic acids is 4. The molecule has 1 N–H and O–H groups in total. The summed E-state index contributed by atoms with van der Waals surface area (Å²) in [5, 5.41) is 7.18. The first-order valence-electron chi connectivity index (χ1n) is 10.1. The second kappa shape index (κ2) is 10.4. The normalized spacial score (nSPS) is 10.9. The van der Waals surface area contributed by atoms with E-state index in [2.05, 4.69) is 10.4 Å². The molecule has 3 rings (SSSR count). The van der Waals surface area contributed by atoms with Crippen LogP contribution >= 0.6 is 11.6 Å². The minimum absolute atomic E-state index is 0.0397. The molecular formula is C23H22ClFN4O4. The van der Waals surface area contributed by atoms with Crippen molar-refractivity contribution in [3.05, 3.63) is 64.1 Å². The van der Waals surface area contributed by atoms with Gasteiger partial charge in [-0.3, -0.25) is 23.9 Å². The van der Waals surface area contributed by atoms with E-state index < -0.39 is 17.6 Å². The number of nitrogens with one attached hydrogen (secondary N) is 1. The predicted octanol–water partition coefficient (Wildman–Crippen LogP) is 3.01. The standard InChI is InChI=1S/C23H22ClFN4O4/c1-14(2)28(10-21(32)26-9-16-4-3-5-18(24)23(16)25)22(33)11-29-20-7-6-15(12-30)8-17(20)19(13-31)27-29/h3-8,12-14H,9-11H2,1-2H3,(H,26,32). The first-order valence-corrected chi connectivity index (χ1v) is 10.5. The summed E-state index contributed by atoms with van der Waals surface area (Å²) in [6.07, 6.45) is 1.21. The van der Waals surface area contributed by atoms with Crippen LogP contribution in [-0.2, 0) is 22.7 Å². The van der Waals surface area contributed by atoms with Crippen LogP contribution in [0.1, 0.15) is 40.3 Å². The Morgan fingerprint density at radius 3 is 2.64 bits per heavy atom. The number of amides is 2. The van der Waals surface area contributed by atoms with Gasteiger partial charge in [0.15, 0.2) is 6.29 Å². The fourth-order valence-corrected chi connectivity index (χ4v) is 3.56. The van der Waals surface area contributed by atoms with E-state index in [1.807, 2.05) is 0 Å². The highest BCUT2D eigenvalue weighted by atomic mass is 35.5. The number of hydrogen-bond donors (Lipinski definition) is 1. The maximum atomic E-state index is 14.0. The van der Waals surface area contributed by atoms with Gasteiger partial charge in [-0.15, -0.1) is 0 Å². The number of hydrogen-bond acceptors (Lipinski definition) is 5. The van der Waals surface area contributed by atoms with Gasteiger partial charge in [-0.25, -0.2) is 4.39 Å². The summed E-state index contributed by atoms with van der Waals surface area (Å²) in [4.78, 5) is 49.2. The number of fused-ring (bicyclic) bond motifs is 1. The molecule has 0 bridgehead atoms. The van der Waals surface area contributed by atoms with Crippen LogP contribution in [0.15, 0.2) is 36.4 Å². The van der Waals surface area contributed by atoms with Crippen molar-refractivity contribution >= 4 is 46.9 Å². The van der Waals surface area contributed by atoms with Crippen LogP contribution in [0.5, 0.6) is 0 Å². The molecule has 172 valence electrons. The van der Waals surface area contributed by atoms with Crippen LogP contribution in [0, 0.1) is 5.82 Å². The van der Waals surface area contributed by atoms with Gasteiger partial charge < -0.3 is 10.2 Å². The minimum atomic E-state index is -0.606. The summed E-state index contributed by atoms with van der Waals surface area (Å²) in [6.45, 7) is 3.00. The number of aldehydes is 2. The predicted molar refractivity (Wildman–Crippen MR) is 121 cm³/mol. The van der Waals surface area contributed by atoms with Crippen LogP contribution in [-0.4, -0.2) is 51.7 Å². The lowest BCUT2D eigenvalue weighted by Gasteiger charge is -2.26. The zero-order valence-corrected chi connectivity index (χ0v) is 18.8. The molecule has 8 nitrogen and oxygen atoms in total. The zero-order chi connectivity index (χ0) is 24.1. The van der Waals surface area contributed by atoms with Gasteiger partial charge in [0.1, 0.15) is 24.3 Å². The second-order valence-corrected chi connectivity index (χ2v) is 8.07. The van der Waals surface area contributed by atoms with Gasteiger partial charge in [0.2, 0.25) is 11.8 Å². The SMILES string of the molecule is CC(C)N(CC(=O)NCc1cccc(Cl)c1F)C(=O)Cn1nc(C=O)c2cc(C=O)ccc21. The molecule has 0 atom stereocenters. The Morgan fingerprint density at radius 2 is 1.97 bits per heavy atom. The molecular weight excluding hydrogens is 451 g/mol. The summed E-state index contributed by atoms with van der Waals surface area (Å²) in [5.41, 5.74) is 1.24. The molecule has 0 fully saturated rings. The largest absolute Gasteiger partial charge is 0.350 e. The Kier molecular flexibility index (Phi) is 7.55. The number of rotatable bonds is 9. The molecule has 0 radical (unpaired) electrons. The number of aromatic nitrogens is 2. The summed E-state index contributed by atoms with van der Waals surface area (Å²) in [7, 11) is 0. The van der Waals surface area contributed by atoms with E-state index in [0.29, 0.717) is 29.0 Å². The van der Waals surface area contributed by atoms with Gasteiger partial charge >= 0.3 is 0 Å². The molecule has 0 spiro atoms. The molecule has 1 heterocycles. The first kappa shape index (κ1) is 24.1. The van der Waals surface area contributed by atoms with E-state index in [1.54, 1.807) is 32.0 Å². The summed E-state index contributed by atoms with van der Waals surface area (Å²) < 4.78 is 15.4. The molecule has 2 aromatic carbocycles. The molecule has 0 saturated heterocycles. The van der Waals surface area contributed by atoms with Crippen LogP contribution in [0.4, 0.5) is 4.39 Å². The van der Waals surface area contributed by atoms with Gasteiger partial charge in [-0.05, 0) is 38.1 Å². The number of halogens is 2. The van der Waals surface area contributed by atoms with E-state index in [9.17, 15) is 23.6 Å². The van der Waals surface area contributed by atoms with Gasteiger partial charge in [-0.1, -0.05) is 23.7 Å². The summed E-state index contributed by atoms with van der Waals surface area (Å²) >= 11 is 5.76. The highest BCUT2D eigenvalue weighted by Crippen LogP contribution is 2.20. The Hall–Kier alpha value is -3.59. The lowest BCUT2D eigenvalue weighted by atomic mass is 10.1. The molecule has 0 aliphatic carbocycles. The molecule has 0 aliphatic heterocycles. The van der Waals surface area contributed by atoms with Crippen molar-refractivity contribution in [2.75, 3.05) is 6.54 Å². The monoisotopic (exact) mass is 472 g/mol. The van der Waals surface area contributed by atoms with E-state index >= 15 is 0 Å². The van der Waals surface area contributed by atoms with Crippen molar-refractivity contribution in [1.82, 2.24) is 20.0 Å². The smallest absolute Gasteiger partial charge is 0.245 e. The average molecular weight is 473 g/mol. The molecule has 0 unspecified atom stereocenters. The Balaban J connectivity index is 1.72. The molecule has 0 aliphatic rings. The minimum Gasteiger partial charge on any atom is -0.350 e. The van der Waals surface area contributed by atoms with E-state index in [-0.39, 0.29) is 42.0 Å². The zero-order valence-electron chi connectivity index (χ0n) is 18.0. The summed E-state index contributed by atoms with van der Waals surface area (Å²) in [6, 6.07) is 8.90. The van der Waals surface area contributed by atoms with Crippen LogP contribution in [0.25, 0.3) is 10.9 Å². The van der Waals surface area contributed by atoms with Crippen molar-refractivity contribution in [1.29, 1.82) is 0 Å². The first-order chi connectivity index (χ1) is 15.7. The maximum absolute atomic E-state index is 14.0. The van der Waals surface area contributed by atoms with Crippen LogP contribution < -0.4 is 5.32 Å². The van der Waals surface area contributed by atoms with E-state index in [0.717, 1.165) is 0 Å². The van der Waals surface area contributed by atoms with E-state index in [4.69, 9.17) is 11.6 Å². The Bertz CT molecular complexity index is 1220. The topological polar surface area (TPSA) is 101 Å². The van der Waals surface area contributed by atoms with E-state index in [1.165, 1.54) is 27.8 Å². The lowest BCUT2D eigenvalue weighted by Crippen LogP contribution is -2.45.